The van der Waals surface area contributed by atoms with Crippen LogP contribution in [0.25, 0.3) is 0 Å². The van der Waals surface area contributed by atoms with Gasteiger partial charge in [0.15, 0.2) is 5.82 Å². The Balaban J connectivity index is 2.67. The van der Waals surface area contributed by atoms with Crippen LogP contribution in [0.15, 0.2) is 6.20 Å². The zero-order chi connectivity index (χ0) is 12.7. The second kappa shape index (κ2) is 7.33. The van der Waals surface area contributed by atoms with Gasteiger partial charge in [-0.3, -0.25) is 0 Å². The van der Waals surface area contributed by atoms with E-state index in [2.05, 4.69) is 29.1 Å². The van der Waals surface area contributed by atoms with Crippen molar-refractivity contribution in [2.24, 2.45) is 0 Å². The number of nitrogen functional groups attached to an aromatic ring is 1. The van der Waals surface area contributed by atoms with Crippen LogP contribution in [-0.4, -0.2) is 16.0 Å². The zero-order valence-corrected chi connectivity index (χ0v) is 11.3. The van der Waals surface area contributed by atoms with Crippen molar-refractivity contribution >= 4 is 23.4 Å². The van der Waals surface area contributed by atoms with Gasteiger partial charge >= 0.3 is 0 Å². The highest BCUT2D eigenvalue weighted by Crippen LogP contribution is 2.21. The van der Waals surface area contributed by atoms with Crippen LogP contribution >= 0.6 is 11.6 Å². The van der Waals surface area contributed by atoms with Crippen molar-refractivity contribution in [1.82, 2.24) is 9.97 Å². The van der Waals surface area contributed by atoms with Gasteiger partial charge < -0.3 is 11.1 Å². The smallest absolute Gasteiger partial charge is 0.222 e. The number of rotatable bonds is 7. The Morgan fingerprint density at radius 1 is 1.35 bits per heavy atom. The minimum Gasteiger partial charge on any atom is -0.368 e. The number of aromatic nitrogens is 2. The summed E-state index contributed by atoms with van der Waals surface area (Å²) in [7, 11) is 0. The molecule has 1 aromatic rings. The Morgan fingerprint density at radius 2 is 2.12 bits per heavy atom. The first-order valence-corrected chi connectivity index (χ1v) is 6.59. The molecule has 0 radical (unpaired) electrons. The van der Waals surface area contributed by atoms with E-state index < -0.39 is 0 Å². The zero-order valence-electron chi connectivity index (χ0n) is 10.5. The van der Waals surface area contributed by atoms with Crippen molar-refractivity contribution in [2.45, 2.75) is 52.0 Å². The summed E-state index contributed by atoms with van der Waals surface area (Å²) in [5.41, 5.74) is 5.56. The molecule has 3 N–H and O–H groups in total. The fourth-order valence-electron chi connectivity index (χ4n) is 1.76. The third-order valence-corrected chi connectivity index (χ3v) is 2.92. The van der Waals surface area contributed by atoms with Crippen LogP contribution in [0.5, 0.6) is 0 Å². The van der Waals surface area contributed by atoms with Crippen molar-refractivity contribution in [1.29, 1.82) is 0 Å². The van der Waals surface area contributed by atoms with Gasteiger partial charge in [-0.15, -0.1) is 0 Å². The van der Waals surface area contributed by atoms with Crippen LogP contribution < -0.4 is 11.1 Å². The average Bonchev–Trinajstić information content (AvgIpc) is 2.31. The maximum absolute atomic E-state index is 6.03. The molecule has 1 unspecified atom stereocenters. The van der Waals surface area contributed by atoms with Gasteiger partial charge in [0, 0.05) is 6.04 Å². The third kappa shape index (κ3) is 4.77. The van der Waals surface area contributed by atoms with Crippen molar-refractivity contribution in [3.63, 3.8) is 0 Å². The fraction of sp³-hybridized carbons (Fsp3) is 0.667. The number of halogens is 1. The van der Waals surface area contributed by atoms with Crippen molar-refractivity contribution in [3.8, 4) is 0 Å². The SMILES string of the molecule is CCCCC(CCC)Nc1nc(N)ncc1Cl. The fourth-order valence-corrected chi connectivity index (χ4v) is 1.91. The summed E-state index contributed by atoms with van der Waals surface area (Å²) >= 11 is 6.03. The summed E-state index contributed by atoms with van der Waals surface area (Å²) in [6.07, 6.45) is 7.32. The van der Waals surface area contributed by atoms with Crippen LogP contribution in [0.1, 0.15) is 46.0 Å². The number of nitrogens with zero attached hydrogens (tertiary/aromatic N) is 2. The first-order chi connectivity index (χ1) is 8.17. The molecule has 0 spiro atoms. The van der Waals surface area contributed by atoms with Crippen LogP contribution in [0.3, 0.4) is 0 Å². The molecule has 0 bridgehead atoms. The Kier molecular flexibility index (Phi) is 6.05. The van der Waals surface area contributed by atoms with E-state index in [1.54, 1.807) is 0 Å². The molecule has 0 saturated heterocycles. The van der Waals surface area contributed by atoms with E-state index in [1.807, 2.05) is 0 Å². The minimum atomic E-state index is 0.252. The molecular formula is C12H21ClN4. The summed E-state index contributed by atoms with van der Waals surface area (Å²) in [6, 6.07) is 0.409. The average molecular weight is 257 g/mol. The van der Waals surface area contributed by atoms with Crippen LogP contribution in [0.4, 0.5) is 11.8 Å². The maximum atomic E-state index is 6.03. The lowest BCUT2D eigenvalue weighted by molar-refractivity contribution is 0.563. The van der Waals surface area contributed by atoms with Crippen molar-refractivity contribution < 1.29 is 0 Å². The van der Waals surface area contributed by atoms with Gasteiger partial charge in [0.25, 0.3) is 0 Å². The number of nitrogens with two attached hydrogens (primary N) is 1. The Labute approximate surface area is 108 Å². The standard InChI is InChI=1S/C12H21ClN4/c1-3-5-7-9(6-4-2)16-11-10(13)8-15-12(14)17-11/h8-9H,3-7H2,1-2H3,(H3,14,15,16,17). The van der Waals surface area contributed by atoms with Crippen molar-refractivity contribution in [3.05, 3.63) is 11.2 Å². The molecular weight excluding hydrogens is 236 g/mol. The van der Waals surface area contributed by atoms with Crippen molar-refractivity contribution in [2.75, 3.05) is 11.1 Å². The largest absolute Gasteiger partial charge is 0.368 e. The van der Waals surface area contributed by atoms with Gasteiger partial charge in [-0.25, -0.2) is 4.98 Å². The minimum absolute atomic E-state index is 0.252. The number of unbranched alkanes of at least 4 members (excludes halogenated alkanes) is 1. The van der Waals surface area contributed by atoms with Gasteiger partial charge in [0.2, 0.25) is 5.95 Å². The van der Waals surface area contributed by atoms with E-state index in [0.717, 1.165) is 19.3 Å². The first kappa shape index (κ1) is 14.0. The molecule has 5 heteroatoms. The number of hydrogen-bond acceptors (Lipinski definition) is 4. The quantitative estimate of drug-likeness (QED) is 0.784. The number of anilines is 2. The van der Waals surface area contributed by atoms with E-state index in [9.17, 15) is 0 Å². The molecule has 0 aliphatic carbocycles. The Morgan fingerprint density at radius 3 is 2.76 bits per heavy atom. The second-order valence-corrected chi connectivity index (χ2v) is 4.60. The molecule has 1 heterocycles. The predicted octanol–water partition coefficient (Wildman–Crippen LogP) is 3.48. The van der Waals surface area contributed by atoms with E-state index >= 15 is 0 Å². The normalized spacial score (nSPS) is 12.4. The molecule has 1 rings (SSSR count). The van der Waals surface area contributed by atoms with Gasteiger partial charge in [0.1, 0.15) is 5.02 Å². The van der Waals surface area contributed by atoms with E-state index in [1.165, 1.54) is 19.0 Å². The maximum Gasteiger partial charge on any atom is 0.222 e. The van der Waals surface area contributed by atoms with Gasteiger partial charge in [0.05, 0.1) is 6.20 Å². The van der Waals surface area contributed by atoms with Gasteiger partial charge in [-0.2, -0.15) is 4.98 Å². The number of hydrogen-bond donors (Lipinski definition) is 2. The third-order valence-electron chi connectivity index (χ3n) is 2.65. The van der Waals surface area contributed by atoms with Crippen LogP contribution in [0.2, 0.25) is 5.02 Å². The summed E-state index contributed by atoms with van der Waals surface area (Å²) in [5.74, 6) is 0.899. The topological polar surface area (TPSA) is 63.8 Å². The Bertz CT molecular complexity index is 343. The van der Waals surface area contributed by atoms with E-state index in [0.29, 0.717) is 16.9 Å². The number of nitrogens with one attached hydrogen (secondary N) is 1. The molecule has 0 aliphatic heterocycles. The molecule has 1 atom stereocenters. The summed E-state index contributed by atoms with van der Waals surface area (Å²) in [5, 5.41) is 3.89. The molecule has 0 fully saturated rings. The van der Waals surface area contributed by atoms with E-state index in [-0.39, 0.29) is 5.95 Å². The highest BCUT2D eigenvalue weighted by atomic mass is 35.5. The van der Waals surface area contributed by atoms with Gasteiger partial charge in [-0.05, 0) is 12.8 Å². The van der Waals surface area contributed by atoms with Crippen LogP contribution in [0, 0.1) is 0 Å². The monoisotopic (exact) mass is 256 g/mol. The molecule has 4 nitrogen and oxygen atoms in total. The van der Waals surface area contributed by atoms with Gasteiger partial charge in [-0.1, -0.05) is 44.7 Å². The lowest BCUT2D eigenvalue weighted by Gasteiger charge is -2.19. The van der Waals surface area contributed by atoms with E-state index in [4.69, 9.17) is 17.3 Å². The van der Waals surface area contributed by atoms with Crippen LogP contribution in [-0.2, 0) is 0 Å². The molecule has 0 saturated carbocycles. The lowest BCUT2D eigenvalue weighted by Crippen LogP contribution is -2.20. The molecule has 96 valence electrons. The summed E-state index contributed by atoms with van der Waals surface area (Å²) < 4.78 is 0. The predicted molar refractivity (Wildman–Crippen MR) is 73.3 cm³/mol. The summed E-state index contributed by atoms with van der Waals surface area (Å²) in [4.78, 5) is 7.98. The Hall–Kier alpha value is -1.03. The first-order valence-electron chi connectivity index (χ1n) is 6.21. The highest BCUT2D eigenvalue weighted by Gasteiger charge is 2.11. The summed E-state index contributed by atoms with van der Waals surface area (Å²) in [6.45, 7) is 4.37. The molecule has 1 aromatic heterocycles. The molecule has 0 amide bonds. The molecule has 0 aliphatic rings. The lowest BCUT2D eigenvalue weighted by atomic mass is 10.1. The molecule has 17 heavy (non-hydrogen) atoms. The second-order valence-electron chi connectivity index (χ2n) is 4.20. The highest BCUT2D eigenvalue weighted by molar-refractivity contribution is 6.32. The molecule has 0 aromatic carbocycles.